The molecule has 1 saturated heterocycles. The lowest BCUT2D eigenvalue weighted by molar-refractivity contribution is -0.140. The van der Waals surface area contributed by atoms with E-state index in [4.69, 9.17) is 14.2 Å². The molecule has 0 aliphatic carbocycles. The molecule has 0 aromatic heterocycles. The number of phenolic OH excluding ortho intramolecular Hbond substituents is 1. The van der Waals surface area contributed by atoms with Crippen molar-refractivity contribution in [2.24, 2.45) is 5.92 Å². The first-order chi connectivity index (χ1) is 19.2. The van der Waals surface area contributed by atoms with Crippen molar-refractivity contribution < 1.29 is 34.0 Å². The smallest absolute Gasteiger partial charge is 0.295 e. The standard InChI is InChI=1S/C32H35NO7/c1-6-39-27-16-21(11-13-24(27)34)29-28(30(35)22-12-14-25(20(4)15-22)40-18-19(2)3)31(36)32(37)33(29)17-23-9-7-8-10-26(23)38-5/h7-16,19,29,34-35H,6,17-18H2,1-5H3/b30-28-. The van der Waals surface area contributed by atoms with E-state index in [2.05, 4.69) is 13.8 Å². The number of Topliss-reactive ketones (excluding diaryl/α,β-unsaturated/α-hetero) is 1. The lowest BCUT2D eigenvalue weighted by Crippen LogP contribution is -2.29. The maximum absolute atomic E-state index is 13.5. The zero-order chi connectivity index (χ0) is 29.0. The molecule has 2 N–H and O–H groups in total. The minimum atomic E-state index is -0.943. The third kappa shape index (κ3) is 5.76. The molecule has 0 radical (unpaired) electrons. The summed E-state index contributed by atoms with van der Waals surface area (Å²) in [6.07, 6.45) is 0. The Hall–Kier alpha value is -4.46. The number of carbonyl (C=O) groups is 2. The SMILES string of the molecule is CCOc1cc(C2/C(=C(/O)c3ccc(OCC(C)C)c(C)c3)C(=O)C(=O)N2Cc2ccccc2OC)ccc1O. The first-order valence-corrected chi connectivity index (χ1v) is 13.3. The largest absolute Gasteiger partial charge is 0.507 e. The number of rotatable bonds is 10. The third-order valence-electron chi connectivity index (χ3n) is 6.69. The van der Waals surface area contributed by atoms with E-state index in [1.165, 1.54) is 18.1 Å². The molecule has 1 atom stereocenters. The molecule has 1 aliphatic heterocycles. The first-order valence-electron chi connectivity index (χ1n) is 13.3. The highest BCUT2D eigenvalue weighted by Gasteiger charge is 2.46. The number of ketones is 1. The number of ether oxygens (including phenoxy) is 3. The number of aliphatic hydroxyl groups excluding tert-OH is 1. The average Bonchev–Trinajstić information content (AvgIpc) is 3.18. The first kappa shape index (κ1) is 28.5. The van der Waals surface area contributed by atoms with Gasteiger partial charge in [0.2, 0.25) is 0 Å². The molecule has 4 rings (SSSR count). The monoisotopic (exact) mass is 545 g/mol. The van der Waals surface area contributed by atoms with E-state index >= 15 is 0 Å². The minimum Gasteiger partial charge on any atom is -0.507 e. The quantitative estimate of drug-likeness (QED) is 0.189. The van der Waals surface area contributed by atoms with E-state index in [-0.39, 0.29) is 29.4 Å². The summed E-state index contributed by atoms with van der Waals surface area (Å²) in [5.74, 6) is -0.118. The van der Waals surface area contributed by atoms with Crippen LogP contribution in [-0.4, -0.2) is 47.1 Å². The van der Waals surface area contributed by atoms with Gasteiger partial charge >= 0.3 is 0 Å². The number of benzene rings is 3. The van der Waals surface area contributed by atoms with Gasteiger partial charge in [0.15, 0.2) is 11.5 Å². The Bertz CT molecular complexity index is 1440. The van der Waals surface area contributed by atoms with Gasteiger partial charge in [0, 0.05) is 11.1 Å². The summed E-state index contributed by atoms with van der Waals surface area (Å²) >= 11 is 0. The zero-order valence-corrected chi connectivity index (χ0v) is 23.4. The molecule has 1 unspecified atom stereocenters. The van der Waals surface area contributed by atoms with Crippen molar-refractivity contribution in [3.05, 3.63) is 88.5 Å². The molecule has 40 heavy (non-hydrogen) atoms. The van der Waals surface area contributed by atoms with Crippen LogP contribution in [0.1, 0.15) is 49.1 Å². The Morgan fingerprint density at radius 3 is 2.40 bits per heavy atom. The van der Waals surface area contributed by atoms with Crippen molar-refractivity contribution in [3.63, 3.8) is 0 Å². The summed E-state index contributed by atoms with van der Waals surface area (Å²) in [5, 5.41) is 21.8. The number of amides is 1. The Labute approximate surface area is 234 Å². The molecule has 210 valence electrons. The molecular formula is C32H35NO7. The predicted molar refractivity (Wildman–Crippen MR) is 152 cm³/mol. The summed E-state index contributed by atoms with van der Waals surface area (Å²) in [6, 6.07) is 16.1. The second-order valence-corrected chi connectivity index (χ2v) is 10.1. The number of aliphatic hydroxyl groups is 1. The number of aromatic hydroxyl groups is 1. The van der Waals surface area contributed by atoms with Crippen LogP contribution in [0.5, 0.6) is 23.0 Å². The Balaban J connectivity index is 1.85. The van der Waals surface area contributed by atoms with Crippen LogP contribution in [0.25, 0.3) is 5.76 Å². The molecule has 1 fully saturated rings. The fraction of sp³-hybridized carbons (Fsp3) is 0.312. The Morgan fingerprint density at radius 1 is 0.975 bits per heavy atom. The van der Waals surface area contributed by atoms with Crippen LogP contribution in [0.3, 0.4) is 0 Å². The highest BCUT2D eigenvalue weighted by atomic mass is 16.5. The predicted octanol–water partition coefficient (Wildman–Crippen LogP) is 5.76. The number of hydrogen-bond acceptors (Lipinski definition) is 7. The van der Waals surface area contributed by atoms with Gasteiger partial charge in [0.25, 0.3) is 11.7 Å². The molecule has 1 aliphatic rings. The van der Waals surface area contributed by atoms with Gasteiger partial charge in [-0.2, -0.15) is 0 Å². The fourth-order valence-electron chi connectivity index (χ4n) is 4.75. The number of methoxy groups -OCH3 is 1. The van der Waals surface area contributed by atoms with Crippen LogP contribution in [0.2, 0.25) is 0 Å². The number of nitrogens with zero attached hydrogens (tertiary/aromatic N) is 1. The molecular weight excluding hydrogens is 510 g/mol. The minimum absolute atomic E-state index is 0.0525. The summed E-state index contributed by atoms with van der Waals surface area (Å²) in [5.41, 5.74) is 2.32. The van der Waals surface area contributed by atoms with E-state index in [1.807, 2.05) is 25.1 Å². The fourth-order valence-corrected chi connectivity index (χ4v) is 4.75. The molecule has 1 amide bonds. The highest BCUT2D eigenvalue weighted by molar-refractivity contribution is 6.46. The van der Waals surface area contributed by atoms with Crippen LogP contribution in [-0.2, 0) is 16.1 Å². The van der Waals surface area contributed by atoms with Crippen molar-refractivity contribution >= 4 is 17.4 Å². The zero-order valence-electron chi connectivity index (χ0n) is 23.4. The number of hydrogen-bond donors (Lipinski definition) is 2. The second kappa shape index (κ2) is 12.2. The van der Waals surface area contributed by atoms with E-state index in [9.17, 15) is 19.8 Å². The molecule has 0 saturated carbocycles. The molecule has 8 heteroatoms. The van der Waals surface area contributed by atoms with Crippen LogP contribution in [0.15, 0.2) is 66.2 Å². The normalized spacial score (nSPS) is 16.4. The average molecular weight is 546 g/mol. The summed E-state index contributed by atoms with van der Waals surface area (Å²) in [6.45, 7) is 8.67. The van der Waals surface area contributed by atoms with Gasteiger partial charge in [-0.25, -0.2) is 0 Å². The van der Waals surface area contributed by atoms with Crippen LogP contribution < -0.4 is 14.2 Å². The number of likely N-dealkylation sites (tertiary alicyclic amines) is 1. The molecule has 3 aromatic rings. The van der Waals surface area contributed by atoms with Crippen molar-refractivity contribution in [2.45, 2.75) is 40.3 Å². The van der Waals surface area contributed by atoms with Crippen molar-refractivity contribution in [2.75, 3.05) is 20.3 Å². The highest BCUT2D eigenvalue weighted by Crippen LogP contribution is 2.43. The number of para-hydroxylation sites is 1. The van der Waals surface area contributed by atoms with E-state index < -0.39 is 17.7 Å². The molecule has 3 aromatic carbocycles. The van der Waals surface area contributed by atoms with Crippen molar-refractivity contribution in [1.29, 1.82) is 0 Å². The summed E-state index contributed by atoms with van der Waals surface area (Å²) < 4.78 is 16.9. The van der Waals surface area contributed by atoms with Gasteiger partial charge < -0.3 is 29.3 Å². The van der Waals surface area contributed by atoms with E-state index in [0.29, 0.717) is 47.3 Å². The van der Waals surface area contributed by atoms with Gasteiger partial charge in [-0.1, -0.05) is 38.1 Å². The maximum Gasteiger partial charge on any atom is 0.295 e. The number of phenols is 1. The van der Waals surface area contributed by atoms with Crippen LogP contribution in [0.4, 0.5) is 0 Å². The molecule has 0 bridgehead atoms. The van der Waals surface area contributed by atoms with Crippen molar-refractivity contribution in [1.82, 2.24) is 4.90 Å². The number of aryl methyl sites for hydroxylation is 1. The molecule has 8 nitrogen and oxygen atoms in total. The van der Waals surface area contributed by atoms with Crippen molar-refractivity contribution in [3.8, 4) is 23.0 Å². The maximum atomic E-state index is 13.5. The van der Waals surface area contributed by atoms with E-state index in [0.717, 1.165) is 5.56 Å². The van der Waals surface area contributed by atoms with Gasteiger partial charge in [0.05, 0.1) is 38.5 Å². The molecule has 0 spiro atoms. The van der Waals surface area contributed by atoms with Gasteiger partial charge in [-0.05, 0) is 67.3 Å². The van der Waals surface area contributed by atoms with Gasteiger partial charge in [-0.3, -0.25) is 9.59 Å². The van der Waals surface area contributed by atoms with Gasteiger partial charge in [-0.15, -0.1) is 0 Å². The number of carbonyl (C=O) groups excluding carboxylic acids is 2. The van der Waals surface area contributed by atoms with E-state index in [1.54, 1.807) is 43.3 Å². The summed E-state index contributed by atoms with van der Waals surface area (Å²) in [4.78, 5) is 28.4. The summed E-state index contributed by atoms with van der Waals surface area (Å²) in [7, 11) is 1.54. The Morgan fingerprint density at radius 2 is 1.73 bits per heavy atom. The topological polar surface area (TPSA) is 106 Å². The lowest BCUT2D eigenvalue weighted by atomic mass is 9.94. The second-order valence-electron chi connectivity index (χ2n) is 10.1. The van der Waals surface area contributed by atoms with Crippen LogP contribution in [0, 0.1) is 12.8 Å². The van der Waals surface area contributed by atoms with Crippen LogP contribution >= 0.6 is 0 Å². The third-order valence-corrected chi connectivity index (χ3v) is 6.69. The van der Waals surface area contributed by atoms with Gasteiger partial charge in [0.1, 0.15) is 17.3 Å². The lowest BCUT2D eigenvalue weighted by Gasteiger charge is -2.26. The Kier molecular flexibility index (Phi) is 8.67. The molecule has 1 heterocycles.